The molecule has 0 bridgehead atoms. The van der Waals surface area contributed by atoms with Gasteiger partial charge in [-0.05, 0) is 25.3 Å². The summed E-state index contributed by atoms with van der Waals surface area (Å²) in [4.78, 5) is 25.3. The van der Waals surface area contributed by atoms with E-state index >= 15 is 0 Å². The number of hydrogen-bond donors (Lipinski definition) is 0. The van der Waals surface area contributed by atoms with Crippen LogP contribution in [-0.4, -0.2) is 28.3 Å². The van der Waals surface area contributed by atoms with E-state index in [1.807, 2.05) is 37.3 Å². The molecule has 5 heteroatoms. The number of ether oxygens (including phenoxy) is 1. The fourth-order valence-electron chi connectivity index (χ4n) is 2.37. The summed E-state index contributed by atoms with van der Waals surface area (Å²) >= 11 is 3.33. The Bertz CT molecular complexity index is 477. The topological polar surface area (TPSA) is 46.6 Å². The van der Waals surface area contributed by atoms with Crippen molar-refractivity contribution >= 4 is 27.9 Å². The molecule has 2 rings (SSSR count). The molecule has 20 heavy (non-hydrogen) atoms. The lowest BCUT2D eigenvalue weighted by Crippen LogP contribution is -2.37. The van der Waals surface area contributed by atoms with Crippen molar-refractivity contribution in [1.82, 2.24) is 4.90 Å². The van der Waals surface area contributed by atoms with Gasteiger partial charge in [0.1, 0.15) is 6.10 Å². The lowest BCUT2D eigenvalue weighted by atomic mass is 10.0. The molecule has 0 unspecified atom stereocenters. The van der Waals surface area contributed by atoms with Gasteiger partial charge in [0.2, 0.25) is 5.91 Å². The molecule has 1 aromatic carbocycles. The second-order valence-corrected chi connectivity index (χ2v) is 5.66. The lowest BCUT2D eigenvalue weighted by molar-refractivity contribution is -0.129. The third-order valence-corrected chi connectivity index (χ3v) is 4.00. The zero-order valence-electron chi connectivity index (χ0n) is 11.4. The number of rotatable bonds is 5. The average Bonchev–Trinajstić information content (AvgIpc) is 2.75. The van der Waals surface area contributed by atoms with Crippen molar-refractivity contribution in [3.05, 3.63) is 35.9 Å². The van der Waals surface area contributed by atoms with Gasteiger partial charge in [-0.3, -0.25) is 4.79 Å². The maximum Gasteiger partial charge on any atom is 0.417 e. The summed E-state index contributed by atoms with van der Waals surface area (Å²) in [6.07, 6.45) is 1.17. The summed E-state index contributed by atoms with van der Waals surface area (Å²) in [5.41, 5.74) is 0.920. The first kappa shape index (κ1) is 15.0. The van der Waals surface area contributed by atoms with Crippen LogP contribution in [0.5, 0.6) is 0 Å². The zero-order chi connectivity index (χ0) is 14.5. The highest BCUT2D eigenvalue weighted by molar-refractivity contribution is 9.09. The van der Waals surface area contributed by atoms with E-state index in [0.29, 0.717) is 6.42 Å². The Morgan fingerprint density at radius 2 is 2.00 bits per heavy atom. The van der Waals surface area contributed by atoms with E-state index in [2.05, 4.69) is 15.9 Å². The smallest absolute Gasteiger partial charge is 0.417 e. The molecule has 0 N–H and O–H groups in total. The van der Waals surface area contributed by atoms with Crippen LogP contribution in [0.3, 0.4) is 0 Å². The fraction of sp³-hybridized carbons (Fsp3) is 0.467. The molecule has 0 spiro atoms. The lowest BCUT2D eigenvalue weighted by Gasteiger charge is -2.19. The van der Waals surface area contributed by atoms with Crippen LogP contribution in [0.25, 0.3) is 0 Å². The van der Waals surface area contributed by atoms with Crippen molar-refractivity contribution < 1.29 is 14.3 Å². The number of cyclic esters (lactones) is 1. The van der Waals surface area contributed by atoms with Gasteiger partial charge in [0.25, 0.3) is 0 Å². The van der Waals surface area contributed by atoms with Gasteiger partial charge >= 0.3 is 6.09 Å². The third kappa shape index (κ3) is 3.20. The molecule has 1 fully saturated rings. The number of imide groups is 1. The van der Waals surface area contributed by atoms with Crippen LogP contribution in [0.1, 0.15) is 37.9 Å². The number of benzene rings is 1. The number of hydrogen-bond acceptors (Lipinski definition) is 3. The Balaban J connectivity index is 2.05. The van der Waals surface area contributed by atoms with Gasteiger partial charge in [-0.15, -0.1) is 0 Å². The number of unbranched alkanes of at least 4 members (excludes halogenated alkanes) is 1. The van der Waals surface area contributed by atoms with E-state index < -0.39 is 6.09 Å². The molecule has 0 aromatic heterocycles. The predicted molar refractivity (Wildman–Crippen MR) is 79.6 cm³/mol. The van der Waals surface area contributed by atoms with E-state index in [1.54, 1.807) is 0 Å². The molecular weight excluding hydrogens is 322 g/mol. The molecule has 1 saturated heterocycles. The first-order chi connectivity index (χ1) is 9.65. The van der Waals surface area contributed by atoms with Crippen LogP contribution in [0.2, 0.25) is 0 Å². The third-order valence-electron chi connectivity index (χ3n) is 3.44. The highest BCUT2D eigenvalue weighted by Gasteiger charge is 2.42. The van der Waals surface area contributed by atoms with Crippen molar-refractivity contribution in [2.45, 2.75) is 38.3 Å². The summed E-state index contributed by atoms with van der Waals surface area (Å²) in [5, 5.41) is 0.868. The normalized spacial score (nSPS) is 21.9. The van der Waals surface area contributed by atoms with Crippen LogP contribution in [0.15, 0.2) is 30.3 Å². The van der Waals surface area contributed by atoms with Gasteiger partial charge in [-0.1, -0.05) is 46.3 Å². The molecule has 1 aliphatic rings. The highest BCUT2D eigenvalue weighted by atomic mass is 79.9. The fourth-order valence-corrected chi connectivity index (χ4v) is 2.77. The minimum absolute atomic E-state index is 0.151. The molecule has 1 aliphatic heterocycles. The van der Waals surface area contributed by atoms with Crippen LogP contribution >= 0.6 is 15.9 Å². The molecule has 4 nitrogen and oxygen atoms in total. The zero-order valence-corrected chi connectivity index (χ0v) is 13.0. The highest BCUT2D eigenvalue weighted by Crippen LogP contribution is 2.32. The summed E-state index contributed by atoms with van der Waals surface area (Å²) in [6, 6.07) is 9.27. The summed E-state index contributed by atoms with van der Waals surface area (Å²) < 4.78 is 5.36. The molecular formula is C15H18BrNO3. The maximum atomic E-state index is 12.1. The number of nitrogens with zero attached hydrogens (tertiary/aromatic N) is 1. The van der Waals surface area contributed by atoms with E-state index in [4.69, 9.17) is 4.74 Å². The molecule has 2 atom stereocenters. The van der Waals surface area contributed by atoms with Crippen molar-refractivity contribution in [2.24, 2.45) is 0 Å². The first-order valence-electron chi connectivity index (χ1n) is 6.78. The standard InChI is InChI=1S/C15H18BrNO3/c1-11-14(12-7-3-2-4-8-12)20-15(19)17(11)13(18)9-5-6-10-16/h2-4,7-8,11,14H,5-6,9-10H2,1H3/t11-,14-/m0/s1. The molecule has 0 radical (unpaired) electrons. The molecule has 108 valence electrons. The van der Waals surface area contributed by atoms with Gasteiger partial charge in [0, 0.05) is 11.8 Å². The van der Waals surface area contributed by atoms with Gasteiger partial charge in [0.15, 0.2) is 0 Å². The van der Waals surface area contributed by atoms with Gasteiger partial charge in [0.05, 0.1) is 6.04 Å². The monoisotopic (exact) mass is 339 g/mol. The van der Waals surface area contributed by atoms with E-state index in [-0.39, 0.29) is 18.1 Å². The summed E-state index contributed by atoms with van der Waals surface area (Å²) in [6.45, 7) is 1.85. The van der Waals surface area contributed by atoms with E-state index in [0.717, 1.165) is 23.7 Å². The van der Waals surface area contributed by atoms with Crippen LogP contribution in [-0.2, 0) is 9.53 Å². The van der Waals surface area contributed by atoms with Crippen molar-refractivity contribution in [2.75, 3.05) is 5.33 Å². The first-order valence-corrected chi connectivity index (χ1v) is 7.91. The Hall–Kier alpha value is -1.36. The number of alkyl halides is 1. The van der Waals surface area contributed by atoms with Crippen LogP contribution in [0.4, 0.5) is 4.79 Å². The minimum atomic E-state index is -0.532. The van der Waals surface area contributed by atoms with Crippen LogP contribution in [0, 0.1) is 0 Å². The second kappa shape index (κ2) is 6.88. The van der Waals surface area contributed by atoms with Crippen molar-refractivity contribution in [3.8, 4) is 0 Å². The molecule has 0 aliphatic carbocycles. The Morgan fingerprint density at radius 3 is 2.65 bits per heavy atom. The second-order valence-electron chi connectivity index (χ2n) is 4.87. The predicted octanol–water partition coefficient (Wildman–Crippen LogP) is 3.66. The number of carbonyl (C=O) groups is 2. The Labute approximate surface area is 127 Å². The average molecular weight is 340 g/mol. The summed E-state index contributed by atoms with van der Waals surface area (Å²) in [7, 11) is 0. The van der Waals surface area contributed by atoms with Crippen molar-refractivity contribution in [3.63, 3.8) is 0 Å². The van der Waals surface area contributed by atoms with E-state index in [1.165, 1.54) is 4.90 Å². The minimum Gasteiger partial charge on any atom is -0.439 e. The quantitative estimate of drug-likeness (QED) is 0.607. The maximum absolute atomic E-state index is 12.1. The number of amides is 2. The van der Waals surface area contributed by atoms with Gasteiger partial charge in [-0.2, -0.15) is 0 Å². The van der Waals surface area contributed by atoms with Gasteiger partial charge in [-0.25, -0.2) is 9.69 Å². The molecule has 1 heterocycles. The van der Waals surface area contributed by atoms with Crippen LogP contribution < -0.4 is 0 Å². The largest absolute Gasteiger partial charge is 0.439 e. The Morgan fingerprint density at radius 1 is 1.30 bits per heavy atom. The van der Waals surface area contributed by atoms with Crippen molar-refractivity contribution in [1.29, 1.82) is 0 Å². The number of carbonyl (C=O) groups excluding carboxylic acids is 2. The number of halogens is 1. The summed E-state index contributed by atoms with van der Waals surface area (Å²) in [5.74, 6) is -0.151. The van der Waals surface area contributed by atoms with Gasteiger partial charge < -0.3 is 4.74 Å². The Kier molecular flexibility index (Phi) is 5.17. The molecule has 0 saturated carbocycles. The molecule has 1 aromatic rings. The molecule has 2 amide bonds. The van der Waals surface area contributed by atoms with E-state index in [9.17, 15) is 9.59 Å². The SMILES string of the molecule is C[C@H]1[C@@H](c2ccccc2)OC(=O)N1C(=O)CCCCBr.